The Balaban J connectivity index is 1.56. The highest BCUT2D eigenvalue weighted by molar-refractivity contribution is 8.00. The van der Waals surface area contributed by atoms with Gasteiger partial charge in [0.05, 0.1) is 6.04 Å². The molecule has 0 amide bonds. The van der Waals surface area contributed by atoms with Crippen LogP contribution in [0.15, 0.2) is 45.4 Å². The van der Waals surface area contributed by atoms with E-state index in [1.165, 1.54) is 0 Å². The maximum absolute atomic E-state index is 11.8. The van der Waals surface area contributed by atoms with Crippen LogP contribution in [0.2, 0.25) is 0 Å². The van der Waals surface area contributed by atoms with Crippen LogP contribution < -0.4 is 5.69 Å². The summed E-state index contributed by atoms with van der Waals surface area (Å²) in [4.78, 5) is 11.8. The largest absolute Gasteiger partial charge is 0.343 e. The molecule has 0 bridgehead atoms. The summed E-state index contributed by atoms with van der Waals surface area (Å²) < 4.78 is 3.92. The Morgan fingerprint density at radius 3 is 2.96 bits per heavy atom. The third kappa shape index (κ3) is 3.13. The molecule has 2 aromatic heterocycles. The zero-order valence-electron chi connectivity index (χ0n) is 13.8. The quantitative estimate of drug-likeness (QED) is 0.668. The highest BCUT2D eigenvalue weighted by Gasteiger charge is 2.29. The number of nitrogens with one attached hydrogen (secondary N) is 1. The van der Waals surface area contributed by atoms with E-state index in [1.807, 2.05) is 18.2 Å². The average molecular weight is 374 g/mol. The molecule has 3 heterocycles. The Morgan fingerprint density at radius 2 is 2.16 bits per heavy atom. The van der Waals surface area contributed by atoms with Gasteiger partial charge in [0.1, 0.15) is 0 Å². The summed E-state index contributed by atoms with van der Waals surface area (Å²) in [7, 11) is 0. The molecule has 0 aliphatic carbocycles. The van der Waals surface area contributed by atoms with Crippen molar-refractivity contribution in [2.24, 2.45) is 0 Å². The second kappa shape index (κ2) is 7.09. The number of aromatic amines is 1. The number of hydrogen-bond acceptors (Lipinski definition) is 6. The van der Waals surface area contributed by atoms with E-state index < -0.39 is 0 Å². The number of fused-ring (bicyclic) bond motifs is 1. The van der Waals surface area contributed by atoms with Crippen LogP contribution >= 0.6 is 23.5 Å². The molecule has 1 aromatic carbocycles. The van der Waals surface area contributed by atoms with E-state index >= 15 is 0 Å². The van der Waals surface area contributed by atoms with Crippen LogP contribution in [0.3, 0.4) is 0 Å². The summed E-state index contributed by atoms with van der Waals surface area (Å²) >= 11 is 3.33. The molecule has 1 aliphatic heterocycles. The first-order valence-electron chi connectivity index (χ1n) is 8.19. The average Bonchev–Trinajstić information content (AvgIpc) is 3.31. The van der Waals surface area contributed by atoms with Crippen molar-refractivity contribution in [3.8, 4) is 11.4 Å². The van der Waals surface area contributed by atoms with Gasteiger partial charge >= 0.3 is 5.69 Å². The standard InChI is InChI=1S/C16H18N6OS2/c1-2-8-21-14(23)18-19-15(21)24-9-12-10-25-16-20-17-13(22(12)16)11-6-4-3-5-7-11/h3-7,12H,2,8-10H2,1H3,(H,18,23)/t12-/m1/s1. The van der Waals surface area contributed by atoms with Crippen molar-refractivity contribution in [2.75, 3.05) is 11.5 Å². The van der Waals surface area contributed by atoms with E-state index in [0.29, 0.717) is 6.54 Å². The summed E-state index contributed by atoms with van der Waals surface area (Å²) in [6.07, 6.45) is 0.903. The zero-order valence-corrected chi connectivity index (χ0v) is 15.4. The minimum atomic E-state index is -0.139. The molecule has 0 unspecified atom stereocenters. The summed E-state index contributed by atoms with van der Waals surface area (Å²) in [5, 5.41) is 17.1. The molecule has 1 atom stereocenters. The van der Waals surface area contributed by atoms with E-state index in [-0.39, 0.29) is 11.7 Å². The van der Waals surface area contributed by atoms with Gasteiger partial charge in [-0.05, 0) is 6.42 Å². The van der Waals surface area contributed by atoms with Crippen LogP contribution in [-0.2, 0) is 6.54 Å². The van der Waals surface area contributed by atoms with Gasteiger partial charge in [-0.15, -0.1) is 15.3 Å². The summed E-state index contributed by atoms with van der Waals surface area (Å²) in [6.45, 7) is 2.74. The van der Waals surface area contributed by atoms with Gasteiger partial charge in [-0.1, -0.05) is 60.8 Å². The van der Waals surface area contributed by atoms with Crippen LogP contribution in [-0.4, -0.2) is 41.0 Å². The minimum absolute atomic E-state index is 0.139. The number of nitrogens with zero attached hydrogens (tertiary/aromatic N) is 5. The predicted molar refractivity (Wildman–Crippen MR) is 99.1 cm³/mol. The van der Waals surface area contributed by atoms with E-state index in [4.69, 9.17) is 0 Å². The highest BCUT2D eigenvalue weighted by atomic mass is 32.2. The number of hydrogen-bond donors (Lipinski definition) is 1. The molecular formula is C16H18N6OS2. The van der Waals surface area contributed by atoms with Gasteiger partial charge in [-0.3, -0.25) is 9.13 Å². The molecule has 9 heteroatoms. The normalized spacial score (nSPS) is 16.3. The van der Waals surface area contributed by atoms with E-state index in [2.05, 4.69) is 44.0 Å². The Morgan fingerprint density at radius 1 is 1.32 bits per heavy atom. The van der Waals surface area contributed by atoms with Crippen LogP contribution in [0.4, 0.5) is 0 Å². The van der Waals surface area contributed by atoms with E-state index in [9.17, 15) is 4.79 Å². The second-order valence-corrected chi connectivity index (χ2v) is 7.76. The molecule has 3 aromatic rings. The lowest BCUT2D eigenvalue weighted by Crippen LogP contribution is -2.18. The molecule has 0 saturated heterocycles. The molecule has 1 aliphatic rings. The minimum Gasteiger partial charge on any atom is -0.297 e. The Labute approximate surface area is 153 Å². The zero-order chi connectivity index (χ0) is 17.2. The maximum atomic E-state index is 11.8. The summed E-state index contributed by atoms with van der Waals surface area (Å²) in [5.74, 6) is 2.69. The van der Waals surface area contributed by atoms with Gasteiger partial charge in [-0.2, -0.15) is 0 Å². The number of H-pyrrole nitrogens is 1. The molecule has 4 rings (SSSR count). The van der Waals surface area contributed by atoms with Crippen molar-refractivity contribution in [3.63, 3.8) is 0 Å². The Kier molecular flexibility index (Phi) is 4.67. The fraction of sp³-hybridized carbons (Fsp3) is 0.375. The van der Waals surface area contributed by atoms with Crippen LogP contribution in [0.1, 0.15) is 19.4 Å². The lowest BCUT2D eigenvalue weighted by molar-refractivity contribution is 0.587. The smallest absolute Gasteiger partial charge is 0.297 e. The fourth-order valence-corrected chi connectivity index (χ4v) is 5.14. The Bertz CT molecular complexity index is 916. The lowest BCUT2D eigenvalue weighted by atomic mass is 10.2. The molecule has 1 N–H and O–H groups in total. The van der Waals surface area contributed by atoms with Gasteiger partial charge in [0.2, 0.25) is 0 Å². The maximum Gasteiger partial charge on any atom is 0.343 e. The number of aromatic nitrogens is 6. The van der Waals surface area contributed by atoms with Crippen molar-refractivity contribution in [1.82, 2.24) is 29.5 Å². The van der Waals surface area contributed by atoms with Gasteiger partial charge in [0.15, 0.2) is 16.1 Å². The van der Waals surface area contributed by atoms with Crippen LogP contribution in [0, 0.1) is 0 Å². The van der Waals surface area contributed by atoms with Gasteiger partial charge < -0.3 is 0 Å². The van der Waals surface area contributed by atoms with Crippen molar-refractivity contribution < 1.29 is 0 Å². The van der Waals surface area contributed by atoms with Gasteiger partial charge in [0, 0.05) is 23.6 Å². The molecule has 0 radical (unpaired) electrons. The van der Waals surface area contributed by atoms with Crippen LogP contribution in [0.5, 0.6) is 0 Å². The highest BCUT2D eigenvalue weighted by Crippen LogP contribution is 2.38. The molecule has 130 valence electrons. The van der Waals surface area contributed by atoms with Crippen LogP contribution in [0.25, 0.3) is 11.4 Å². The van der Waals surface area contributed by atoms with E-state index in [0.717, 1.165) is 39.6 Å². The number of rotatable bonds is 6. The van der Waals surface area contributed by atoms with Gasteiger partial charge in [-0.25, -0.2) is 9.89 Å². The molecule has 0 fully saturated rings. The molecule has 25 heavy (non-hydrogen) atoms. The van der Waals surface area contributed by atoms with Crippen molar-refractivity contribution >= 4 is 23.5 Å². The first-order chi connectivity index (χ1) is 12.3. The van der Waals surface area contributed by atoms with Crippen molar-refractivity contribution in [2.45, 2.75) is 36.2 Å². The molecule has 0 saturated carbocycles. The van der Waals surface area contributed by atoms with Crippen molar-refractivity contribution in [3.05, 3.63) is 40.8 Å². The number of thioether (sulfide) groups is 2. The first-order valence-corrected chi connectivity index (χ1v) is 10.2. The molecular weight excluding hydrogens is 356 g/mol. The van der Waals surface area contributed by atoms with Gasteiger partial charge in [0.25, 0.3) is 0 Å². The summed E-state index contributed by atoms with van der Waals surface area (Å²) in [6, 6.07) is 10.4. The Hall–Kier alpha value is -2.00. The first kappa shape index (κ1) is 16.5. The lowest BCUT2D eigenvalue weighted by Gasteiger charge is -2.14. The fourth-order valence-electron chi connectivity index (χ4n) is 2.86. The van der Waals surface area contributed by atoms with E-state index in [1.54, 1.807) is 28.1 Å². The topological polar surface area (TPSA) is 81.4 Å². The monoisotopic (exact) mass is 374 g/mol. The SMILES string of the molecule is CCCn1c(SC[C@@H]2CSc3nnc(-c4ccccc4)n32)n[nH]c1=O. The predicted octanol–water partition coefficient (Wildman–Crippen LogP) is 2.68. The summed E-state index contributed by atoms with van der Waals surface area (Å²) in [5.41, 5.74) is 0.932. The number of benzene rings is 1. The third-order valence-electron chi connectivity index (χ3n) is 4.04. The molecule has 0 spiro atoms. The molecule has 7 nitrogen and oxygen atoms in total. The second-order valence-electron chi connectivity index (χ2n) is 5.78. The van der Waals surface area contributed by atoms with Crippen molar-refractivity contribution in [1.29, 1.82) is 0 Å². The third-order valence-corrected chi connectivity index (χ3v) is 6.25.